The van der Waals surface area contributed by atoms with Crippen molar-refractivity contribution in [2.75, 3.05) is 0 Å². The van der Waals surface area contributed by atoms with Gasteiger partial charge in [0, 0.05) is 0 Å². The van der Waals surface area contributed by atoms with Gasteiger partial charge in [0.25, 0.3) is 0 Å². The third-order valence-electron chi connectivity index (χ3n) is 0.964. The van der Waals surface area contributed by atoms with E-state index in [0.29, 0.717) is 0 Å². The van der Waals surface area contributed by atoms with Gasteiger partial charge in [-0.1, -0.05) is 0 Å². The summed E-state index contributed by atoms with van der Waals surface area (Å²) in [7, 11) is 0. The molecule has 1 saturated heterocycles. The molecule has 0 aromatic heterocycles. The minimum atomic E-state index is 0.949. The molecule has 0 nitrogen and oxygen atoms in total. The van der Waals surface area contributed by atoms with Crippen LogP contribution in [0.25, 0.3) is 0 Å². The summed E-state index contributed by atoms with van der Waals surface area (Å²) in [6, 6.07) is 0. The van der Waals surface area contributed by atoms with Crippen LogP contribution in [0.5, 0.6) is 0 Å². The molecule has 2 aliphatic rings. The van der Waals surface area contributed by atoms with E-state index in [9.17, 15) is 0 Å². The second kappa shape index (κ2) is 1.14. The van der Waals surface area contributed by atoms with E-state index < -0.39 is 0 Å². The van der Waals surface area contributed by atoms with E-state index in [2.05, 4.69) is 11.1 Å². The Balaban J connectivity index is 2.26. The number of allylic oxidation sites excluding steroid dienone is 1. The Hall–Kier alpha value is 0.779. The zero-order valence-electron chi connectivity index (χ0n) is 3.13. The molecule has 0 aliphatic carbocycles. The van der Waals surface area contributed by atoms with Crippen molar-refractivity contribution < 1.29 is 0 Å². The summed E-state index contributed by atoms with van der Waals surface area (Å²) in [5.41, 5.74) is 0. The van der Waals surface area contributed by atoms with E-state index in [1.54, 1.807) is 0 Å². The summed E-state index contributed by atoms with van der Waals surface area (Å²) in [5.74, 6) is 0. The first kappa shape index (κ1) is 3.74. The predicted octanol–water partition coefficient (Wildman–Crippen LogP) is 0.470. The van der Waals surface area contributed by atoms with Crippen LogP contribution in [0.1, 0.15) is 0 Å². The molecule has 2 heteroatoms. The normalized spacial score (nSPS) is 49.3. The Morgan fingerprint density at radius 2 is 2.50 bits per heavy atom. The summed E-state index contributed by atoms with van der Waals surface area (Å²) >= 11 is 2.03. The van der Waals surface area contributed by atoms with Gasteiger partial charge >= 0.3 is 49.5 Å². The molecule has 6 heavy (non-hydrogen) atoms. The molecule has 2 rings (SSSR count). The maximum absolute atomic E-state index is 2.41. The van der Waals surface area contributed by atoms with E-state index in [4.69, 9.17) is 0 Å². The third kappa shape index (κ3) is 0.418. The van der Waals surface area contributed by atoms with Crippen LogP contribution in [0.4, 0.5) is 0 Å². The molecule has 2 unspecified atom stereocenters. The fourth-order valence-electron chi connectivity index (χ4n) is 0.555. The molecule has 2 atom stereocenters. The van der Waals surface area contributed by atoms with Crippen LogP contribution in [0.2, 0.25) is 8.53 Å². The van der Waals surface area contributed by atoms with Crippen LogP contribution in [0, 0.1) is 0 Å². The van der Waals surface area contributed by atoms with Crippen molar-refractivity contribution in [2.45, 2.75) is 8.53 Å². The van der Waals surface area contributed by atoms with Crippen LogP contribution in [-0.2, 0) is 0 Å². The van der Waals surface area contributed by atoms with Crippen molar-refractivity contribution in [1.82, 2.24) is 0 Å². The van der Waals surface area contributed by atoms with Gasteiger partial charge in [-0.2, -0.15) is 0 Å². The molecule has 32 valence electrons. The van der Waals surface area contributed by atoms with Crippen LogP contribution in [0.15, 0.2) is 11.1 Å². The first-order chi connectivity index (χ1) is 2.97. The number of hydrogen-bond donors (Lipinski definition) is 0. The van der Waals surface area contributed by atoms with Crippen molar-refractivity contribution in [1.29, 1.82) is 0 Å². The number of fused-ring (bicyclic) bond motifs is 1. The molecule has 2 heterocycles. The van der Waals surface area contributed by atoms with Gasteiger partial charge in [-0.25, -0.2) is 0 Å². The van der Waals surface area contributed by atoms with Gasteiger partial charge in [-0.3, -0.25) is 0 Å². The Morgan fingerprint density at radius 3 is 2.67 bits per heavy atom. The molecule has 0 aromatic carbocycles. The third-order valence-corrected chi connectivity index (χ3v) is 8.18. The van der Waals surface area contributed by atoms with Crippen molar-refractivity contribution in [3.63, 3.8) is 0 Å². The Kier molecular flexibility index (Phi) is 0.708. The molecule has 0 amide bonds. The van der Waals surface area contributed by atoms with Crippen molar-refractivity contribution in [2.24, 2.45) is 0 Å². The Labute approximate surface area is 49.7 Å². The molecular weight excluding hydrogens is 206 g/mol. The Bertz CT molecular complexity index is 97.7. The van der Waals surface area contributed by atoms with Gasteiger partial charge in [-0.05, 0) is 0 Å². The molecular formula is C4H4Se2. The zero-order valence-corrected chi connectivity index (χ0v) is 6.55. The van der Waals surface area contributed by atoms with Gasteiger partial charge in [0.15, 0.2) is 0 Å². The average Bonchev–Trinajstić information content (AvgIpc) is 2.17. The van der Waals surface area contributed by atoms with Crippen molar-refractivity contribution in [3.8, 4) is 0 Å². The van der Waals surface area contributed by atoms with Crippen molar-refractivity contribution >= 4 is 29.9 Å². The molecule has 1 fully saturated rings. The monoisotopic (exact) mass is 212 g/mol. The summed E-state index contributed by atoms with van der Waals surface area (Å²) in [6.45, 7) is 0. The van der Waals surface area contributed by atoms with Gasteiger partial charge < -0.3 is 0 Å². The SMILES string of the molecule is C1=CC2[Se]C2[Se]1. The minimum absolute atomic E-state index is 0.949. The van der Waals surface area contributed by atoms with E-state index in [0.717, 1.165) is 34.7 Å². The molecule has 0 saturated carbocycles. The first-order valence-corrected chi connectivity index (χ1v) is 5.90. The molecule has 0 radical (unpaired) electrons. The van der Waals surface area contributed by atoms with Crippen molar-refractivity contribution in [3.05, 3.63) is 11.1 Å². The summed E-state index contributed by atoms with van der Waals surface area (Å²) < 4.78 is 1.23. The van der Waals surface area contributed by atoms with Crippen LogP contribution < -0.4 is 0 Å². The molecule has 0 N–H and O–H groups in total. The Morgan fingerprint density at radius 1 is 1.50 bits per heavy atom. The average molecular weight is 210 g/mol. The van der Waals surface area contributed by atoms with E-state index in [-0.39, 0.29) is 0 Å². The van der Waals surface area contributed by atoms with Crippen LogP contribution in [-0.4, -0.2) is 29.9 Å². The topological polar surface area (TPSA) is 0 Å². The first-order valence-electron chi connectivity index (χ1n) is 1.94. The number of rotatable bonds is 0. The summed E-state index contributed by atoms with van der Waals surface area (Å²) in [5, 5.41) is 0. The summed E-state index contributed by atoms with van der Waals surface area (Å²) in [4.78, 5) is 3.51. The predicted molar refractivity (Wildman–Crippen MR) is 28.1 cm³/mol. The van der Waals surface area contributed by atoms with Gasteiger partial charge in [0.2, 0.25) is 0 Å². The fourth-order valence-corrected chi connectivity index (χ4v) is 7.08. The maximum atomic E-state index is 2.41. The van der Waals surface area contributed by atoms with Gasteiger partial charge in [0.05, 0.1) is 0 Å². The second-order valence-electron chi connectivity index (χ2n) is 1.43. The molecule has 0 spiro atoms. The van der Waals surface area contributed by atoms with Gasteiger partial charge in [0.1, 0.15) is 0 Å². The molecule has 0 aromatic rings. The zero-order chi connectivity index (χ0) is 3.98. The fraction of sp³-hybridized carbons (Fsp3) is 0.500. The van der Waals surface area contributed by atoms with E-state index >= 15 is 0 Å². The summed E-state index contributed by atoms with van der Waals surface area (Å²) in [6.07, 6.45) is 2.41. The van der Waals surface area contributed by atoms with Crippen LogP contribution >= 0.6 is 0 Å². The number of hydrogen-bond acceptors (Lipinski definition) is 0. The quantitative estimate of drug-likeness (QED) is 0.510. The molecule has 2 aliphatic heterocycles. The van der Waals surface area contributed by atoms with E-state index in [1.807, 2.05) is 0 Å². The van der Waals surface area contributed by atoms with Gasteiger partial charge in [-0.15, -0.1) is 0 Å². The van der Waals surface area contributed by atoms with E-state index in [1.165, 1.54) is 3.71 Å². The second-order valence-corrected chi connectivity index (χ2v) is 7.93. The van der Waals surface area contributed by atoms with Crippen LogP contribution in [0.3, 0.4) is 0 Å². The standard InChI is InChI=1S/C4H4Se2/c1-2-5-4-3(1)6-4/h1-4H. The molecule has 0 bridgehead atoms.